The van der Waals surface area contributed by atoms with Gasteiger partial charge in [-0.1, -0.05) is 5.16 Å². The predicted molar refractivity (Wildman–Crippen MR) is 108 cm³/mol. The molecule has 2 aromatic rings. The number of oxime groups is 1. The lowest BCUT2D eigenvalue weighted by Crippen LogP contribution is -2.37. The van der Waals surface area contributed by atoms with Crippen LogP contribution in [0.3, 0.4) is 0 Å². The molecule has 0 unspecified atom stereocenters. The molecular weight excluding hydrogens is 475 g/mol. The summed E-state index contributed by atoms with van der Waals surface area (Å²) in [5, 5.41) is 25.5. The fourth-order valence-corrected chi connectivity index (χ4v) is 2.86. The van der Waals surface area contributed by atoms with Crippen LogP contribution in [0, 0.1) is 5.82 Å². The van der Waals surface area contributed by atoms with E-state index in [-0.39, 0.29) is 40.9 Å². The Morgan fingerprint density at radius 2 is 2.17 bits per heavy atom. The summed E-state index contributed by atoms with van der Waals surface area (Å²) in [5.74, 6) is -0.572. The highest BCUT2D eigenvalue weighted by Crippen LogP contribution is 2.21. The van der Waals surface area contributed by atoms with E-state index in [1.807, 2.05) is 0 Å². The van der Waals surface area contributed by atoms with E-state index >= 15 is 0 Å². The first-order chi connectivity index (χ1) is 13.6. The third-order valence-corrected chi connectivity index (χ3v) is 4.51. The number of nitrogens with two attached hydrogens (primary N) is 1. The maximum Gasteiger partial charge on any atom is 0.253 e. The molecule has 0 bridgehead atoms. The average molecular weight is 493 g/mol. The molecular formula is C14H18BrFN8O4S. The zero-order valence-electron chi connectivity index (χ0n) is 15.3. The number of rotatable bonds is 7. The molecule has 2 rings (SSSR count). The fourth-order valence-electron chi connectivity index (χ4n) is 2.00. The van der Waals surface area contributed by atoms with Crippen LogP contribution in [0.15, 0.2) is 36.9 Å². The molecule has 0 spiro atoms. The highest BCUT2D eigenvalue weighted by atomic mass is 79.9. The van der Waals surface area contributed by atoms with Gasteiger partial charge in [0, 0.05) is 25.8 Å². The zero-order valence-corrected chi connectivity index (χ0v) is 17.7. The number of sulfonamides is 1. The van der Waals surface area contributed by atoms with Crippen LogP contribution >= 0.6 is 15.9 Å². The Morgan fingerprint density at radius 3 is 2.79 bits per heavy atom. The summed E-state index contributed by atoms with van der Waals surface area (Å²) in [5.41, 5.74) is 6.09. The minimum absolute atomic E-state index is 0.0633. The standard InChI is InChI=1S/C14H18BrFN8O4S/c1-24(14(17)23-29(2,26)27)6-5-18-12-11(21-28-22-12)13(20-25)19-8-3-4-10(16)9(15)7-8/h3-4,7,25H,5-6H2,1-2H3,(H2,17,23)(H,18,22)(H,19,20). The van der Waals surface area contributed by atoms with Crippen molar-refractivity contribution in [3.05, 3.63) is 34.2 Å². The minimum atomic E-state index is -3.61. The highest BCUT2D eigenvalue weighted by Gasteiger charge is 2.18. The molecule has 0 aliphatic rings. The third-order valence-electron chi connectivity index (χ3n) is 3.39. The molecule has 1 heterocycles. The van der Waals surface area contributed by atoms with Crippen molar-refractivity contribution >= 4 is 49.3 Å². The summed E-state index contributed by atoms with van der Waals surface area (Å²) in [4.78, 5) is 1.41. The first kappa shape index (κ1) is 22.4. The Balaban J connectivity index is 2.04. The topological polar surface area (TPSA) is 171 Å². The van der Waals surface area contributed by atoms with Gasteiger partial charge in [-0.15, -0.1) is 4.40 Å². The maximum absolute atomic E-state index is 13.4. The number of nitrogens with one attached hydrogen (secondary N) is 2. The van der Waals surface area contributed by atoms with E-state index in [0.717, 1.165) is 6.26 Å². The lowest BCUT2D eigenvalue weighted by molar-refractivity contribution is 0.305. The molecule has 0 aliphatic heterocycles. The largest absolute Gasteiger partial charge is 0.409 e. The number of likely N-dealkylation sites (N-methyl/N-ethyl adjacent to an activating group) is 1. The summed E-state index contributed by atoms with van der Waals surface area (Å²) in [6, 6.07) is 4.10. The molecule has 0 aliphatic carbocycles. The van der Waals surface area contributed by atoms with E-state index in [1.54, 1.807) is 7.05 Å². The Bertz CT molecular complexity index is 1030. The van der Waals surface area contributed by atoms with Crippen LogP contribution in [-0.2, 0) is 10.0 Å². The second-order valence-electron chi connectivity index (χ2n) is 5.69. The Labute approximate surface area is 173 Å². The number of nitrogens with zero attached hydrogens (tertiary/aromatic N) is 5. The van der Waals surface area contributed by atoms with Gasteiger partial charge in [0.25, 0.3) is 10.0 Å². The van der Waals surface area contributed by atoms with Gasteiger partial charge in [-0.3, -0.25) is 0 Å². The number of aromatic nitrogens is 2. The average Bonchev–Trinajstić information content (AvgIpc) is 3.09. The van der Waals surface area contributed by atoms with Crippen molar-refractivity contribution in [2.75, 3.05) is 37.0 Å². The van der Waals surface area contributed by atoms with Gasteiger partial charge in [0.05, 0.1) is 10.7 Å². The van der Waals surface area contributed by atoms with Crippen molar-refractivity contribution in [1.82, 2.24) is 15.2 Å². The van der Waals surface area contributed by atoms with Gasteiger partial charge in [-0.25, -0.2) is 17.4 Å². The van der Waals surface area contributed by atoms with Crippen molar-refractivity contribution in [3.8, 4) is 0 Å². The van der Waals surface area contributed by atoms with Gasteiger partial charge in [0.2, 0.25) is 17.6 Å². The lowest BCUT2D eigenvalue weighted by Gasteiger charge is -2.17. The van der Waals surface area contributed by atoms with Gasteiger partial charge >= 0.3 is 0 Å². The van der Waals surface area contributed by atoms with Gasteiger partial charge in [-0.05, 0) is 44.4 Å². The van der Waals surface area contributed by atoms with E-state index in [9.17, 15) is 18.0 Å². The molecule has 0 amide bonds. The second kappa shape index (κ2) is 9.51. The van der Waals surface area contributed by atoms with E-state index < -0.39 is 15.8 Å². The molecule has 1 aromatic heterocycles. The molecule has 0 radical (unpaired) electrons. The summed E-state index contributed by atoms with van der Waals surface area (Å²) in [6.45, 7) is 0.513. The SMILES string of the molecule is CN(CCNc1nonc1/C(=N/O)Nc1ccc(F)c(Br)c1)/C(N)=N/S(C)(=O)=O. The van der Waals surface area contributed by atoms with Crippen LogP contribution in [0.1, 0.15) is 5.69 Å². The predicted octanol–water partition coefficient (Wildman–Crippen LogP) is 0.837. The quantitative estimate of drug-likeness (QED) is 0.187. The summed E-state index contributed by atoms with van der Waals surface area (Å²) in [7, 11) is -2.05. The van der Waals surface area contributed by atoms with Crippen molar-refractivity contribution < 1.29 is 22.6 Å². The molecule has 1 aromatic carbocycles. The number of hydrogen-bond acceptors (Lipinski definition) is 8. The smallest absolute Gasteiger partial charge is 0.253 e. The summed E-state index contributed by atoms with van der Waals surface area (Å²) in [6.07, 6.45) is 0.932. The molecule has 0 saturated heterocycles. The molecule has 0 fully saturated rings. The van der Waals surface area contributed by atoms with Crippen LogP contribution < -0.4 is 16.4 Å². The number of hydrogen-bond donors (Lipinski definition) is 4. The van der Waals surface area contributed by atoms with Crippen molar-refractivity contribution in [1.29, 1.82) is 0 Å². The Hall–Kier alpha value is -2.94. The monoisotopic (exact) mass is 492 g/mol. The highest BCUT2D eigenvalue weighted by molar-refractivity contribution is 9.10. The van der Waals surface area contributed by atoms with Crippen LogP contribution in [0.25, 0.3) is 0 Å². The number of benzene rings is 1. The van der Waals surface area contributed by atoms with E-state index in [1.165, 1.54) is 23.1 Å². The first-order valence-electron chi connectivity index (χ1n) is 7.88. The summed E-state index contributed by atoms with van der Waals surface area (Å²) < 4.78 is 43.9. The molecule has 12 nitrogen and oxygen atoms in total. The van der Waals surface area contributed by atoms with E-state index in [2.05, 4.69) is 51.1 Å². The zero-order chi connectivity index (χ0) is 21.6. The van der Waals surface area contributed by atoms with E-state index in [0.29, 0.717) is 5.69 Å². The van der Waals surface area contributed by atoms with Gasteiger partial charge < -0.3 is 26.5 Å². The Morgan fingerprint density at radius 1 is 1.45 bits per heavy atom. The fraction of sp³-hybridized carbons (Fsp3) is 0.286. The van der Waals surface area contributed by atoms with Crippen LogP contribution in [0.2, 0.25) is 0 Å². The molecule has 0 atom stereocenters. The van der Waals surface area contributed by atoms with E-state index in [4.69, 9.17) is 5.73 Å². The molecule has 15 heteroatoms. The van der Waals surface area contributed by atoms with Crippen molar-refractivity contribution in [3.63, 3.8) is 0 Å². The molecule has 158 valence electrons. The third kappa shape index (κ3) is 6.56. The van der Waals surface area contributed by atoms with Crippen molar-refractivity contribution in [2.45, 2.75) is 0 Å². The summed E-state index contributed by atoms with van der Waals surface area (Å²) >= 11 is 3.06. The number of halogens is 2. The van der Waals surface area contributed by atoms with Gasteiger partial charge in [-0.2, -0.15) is 0 Å². The number of guanidine groups is 1. The first-order valence-corrected chi connectivity index (χ1v) is 10.5. The Kier molecular flexibility index (Phi) is 7.33. The second-order valence-corrected chi connectivity index (χ2v) is 8.20. The molecule has 0 saturated carbocycles. The van der Waals surface area contributed by atoms with Crippen LogP contribution in [0.4, 0.5) is 15.9 Å². The van der Waals surface area contributed by atoms with Crippen LogP contribution in [-0.4, -0.2) is 67.0 Å². The van der Waals surface area contributed by atoms with Gasteiger partial charge in [0.15, 0.2) is 5.69 Å². The van der Waals surface area contributed by atoms with Gasteiger partial charge in [0.1, 0.15) is 5.82 Å². The minimum Gasteiger partial charge on any atom is -0.409 e. The lowest BCUT2D eigenvalue weighted by atomic mass is 10.3. The molecule has 5 N–H and O–H groups in total. The number of amidine groups is 1. The van der Waals surface area contributed by atoms with Crippen molar-refractivity contribution in [2.24, 2.45) is 15.3 Å². The van der Waals surface area contributed by atoms with Crippen LogP contribution in [0.5, 0.6) is 0 Å². The maximum atomic E-state index is 13.4. The number of anilines is 2. The molecule has 29 heavy (non-hydrogen) atoms. The normalized spacial score (nSPS) is 12.7.